The summed E-state index contributed by atoms with van der Waals surface area (Å²) in [6.45, 7) is 2.49. The highest BCUT2D eigenvalue weighted by molar-refractivity contribution is 9.10. The fourth-order valence-electron chi connectivity index (χ4n) is 2.23. The molecule has 2 rings (SSSR count). The number of alkyl carbamates (subject to hydrolysis) is 1. The van der Waals surface area contributed by atoms with Crippen LogP contribution in [0.25, 0.3) is 0 Å². The predicted octanol–water partition coefficient (Wildman–Crippen LogP) is 2.89. The van der Waals surface area contributed by atoms with Crippen molar-refractivity contribution < 1.29 is 24.2 Å². The molecule has 1 unspecified atom stereocenters. The Balaban J connectivity index is 1.88. The summed E-state index contributed by atoms with van der Waals surface area (Å²) in [6, 6.07) is 10.4. The molecule has 1 aromatic carbocycles. The molecule has 0 aliphatic carbocycles. The Morgan fingerprint density at radius 2 is 2.07 bits per heavy atom. The lowest BCUT2D eigenvalue weighted by atomic mass is 10.1. The van der Waals surface area contributed by atoms with E-state index in [-0.39, 0.29) is 25.7 Å². The van der Waals surface area contributed by atoms with Gasteiger partial charge in [-0.1, -0.05) is 12.1 Å². The molecule has 2 amide bonds. The largest absolute Gasteiger partial charge is 0.442 e. The number of anilines is 1. The SMILES string of the molecule is CC(OC(=O)NCCOCCO)c1ccc(NC(=O)c2ccccn2)c(Br)c1. The van der Waals surface area contributed by atoms with E-state index in [1.54, 1.807) is 49.5 Å². The van der Waals surface area contributed by atoms with Gasteiger partial charge in [-0.25, -0.2) is 4.79 Å². The quantitative estimate of drug-likeness (QED) is 0.505. The van der Waals surface area contributed by atoms with Gasteiger partial charge in [-0.3, -0.25) is 9.78 Å². The number of hydrogen-bond acceptors (Lipinski definition) is 6. The second kappa shape index (κ2) is 11.4. The molecule has 1 aromatic heterocycles. The van der Waals surface area contributed by atoms with Gasteiger partial charge in [0.05, 0.1) is 25.5 Å². The number of ether oxygens (including phenoxy) is 2. The zero-order chi connectivity index (χ0) is 20.4. The molecule has 28 heavy (non-hydrogen) atoms. The molecule has 2 aromatic rings. The van der Waals surface area contributed by atoms with Gasteiger partial charge >= 0.3 is 6.09 Å². The number of benzene rings is 1. The van der Waals surface area contributed by atoms with Gasteiger partial charge in [0.1, 0.15) is 11.8 Å². The van der Waals surface area contributed by atoms with E-state index in [4.69, 9.17) is 14.6 Å². The van der Waals surface area contributed by atoms with Crippen LogP contribution in [-0.2, 0) is 9.47 Å². The van der Waals surface area contributed by atoms with E-state index in [2.05, 4.69) is 31.5 Å². The van der Waals surface area contributed by atoms with Crippen molar-refractivity contribution >= 4 is 33.6 Å². The average molecular weight is 452 g/mol. The van der Waals surface area contributed by atoms with Crippen molar-refractivity contribution in [3.05, 3.63) is 58.3 Å². The number of carbonyl (C=O) groups is 2. The summed E-state index contributed by atoms with van der Waals surface area (Å²) in [4.78, 5) is 28.0. The number of halogens is 1. The second-order valence-corrected chi connectivity index (χ2v) is 6.57. The van der Waals surface area contributed by atoms with Crippen molar-refractivity contribution in [1.29, 1.82) is 0 Å². The molecule has 3 N–H and O–H groups in total. The molecule has 0 saturated heterocycles. The number of nitrogens with one attached hydrogen (secondary N) is 2. The lowest BCUT2D eigenvalue weighted by Crippen LogP contribution is -2.29. The van der Waals surface area contributed by atoms with Crippen molar-refractivity contribution in [1.82, 2.24) is 10.3 Å². The van der Waals surface area contributed by atoms with Gasteiger partial charge in [0.15, 0.2) is 0 Å². The Bertz CT molecular complexity index is 788. The van der Waals surface area contributed by atoms with Gasteiger partial charge in [0.2, 0.25) is 0 Å². The summed E-state index contributed by atoms with van der Waals surface area (Å²) >= 11 is 3.42. The number of aromatic nitrogens is 1. The van der Waals surface area contributed by atoms with E-state index in [1.165, 1.54) is 0 Å². The summed E-state index contributed by atoms with van der Waals surface area (Å²) in [6.07, 6.45) is 0.495. The first-order valence-electron chi connectivity index (χ1n) is 8.66. The van der Waals surface area contributed by atoms with Crippen LogP contribution in [0.4, 0.5) is 10.5 Å². The number of aliphatic hydroxyl groups excluding tert-OH is 1. The lowest BCUT2D eigenvalue weighted by molar-refractivity contribution is 0.0840. The van der Waals surface area contributed by atoms with E-state index in [0.717, 1.165) is 5.56 Å². The monoisotopic (exact) mass is 451 g/mol. The normalized spacial score (nSPS) is 11.5. The third-order valence-electron chi connectivity index (χ3n) is 3.64. The van der Waals surface area contributed by atoms with Crippen LogP contribution in [0, 0.1) is 0 Å². The third kappa shape index (κ3) is 6.91. The number of aliphatic hydroxyl groups is 1. The molecule has 1 heterocycles. The summed E-state index contributed by atoms with van der Waals surface area (Å²) in [5.74, 6) is -0.318. The molecule has 1 atom stereocenters. The van der Waals surface area contributed by atoms with Crippen LogP contribution >= 0.6 is 15.9 Å². The Morgan fingerprint density at radius 3 is 2.75 bits per heavy atom. The molecule has 0 bridgehead atoms. The van der Waals surface area contributed by atoms with Crippen LogP contribution in [0.15, 0.2) is 47.1 Å². The minimum atomic E-state index is -0.566. The summed E-state index contributed by atoms with van der Waals surface area (Å²) < 4.78 is 11.0. The van der Waals surface area contributed by atoms with Crippen molar-refractivity contribution in [2.45, 2.75) is 13.0 Å². The fraction of sp³-hybridized carbons (Fsp3) is 0.316. The van der Waals surface area contributed by atoms with Crippen molar-refractivity contribution in [3.63, 3.8) is 0 Å². The summed E-state index contributed by atoms with van der Waals surface area (Å²) in [5, 5.41) is 13.9. The molecule has 0 aliphatic rings. The van der Waals surface area contributed by atoms with Gasteiger partial charge in [-0.05, 0) is 52.7 Å². The molecule has 0 spiro atoms. The minimum absolute atomic E-state index is 0.0608. The number of hydrogen-bond donors (Lipinski definition) is 3. The highest BCUT2D eigenvalue weighted by Gasteiger charge is 2.14. The standard InChI is InChI=1S/C19H22BrN3O5/c1-13(28-19(26)22-8-10-27-11-9-24)14-5-6-16(15(20)12-14)23-18(25)17-4-2-3-7-21-17/h2-7,12-13,24H,8-11H2,1H3,(H,22,26)(H,23,25). The van der Waals surface area contributed by atoms with E-state index >= 15 is 0 Å². The maximum absolute atomic E-state index is 12.2. The molecule has 9 heteroatoms. The number of rotatable bonds is 9. The molecular weight excluding hydrogens is 430 g/mol. The second-order valence-electron chi connectivity index (χ2n) is 5.72. The summed E-state index contributed by atoms with van der Waals surface area (Å²) in [7, 11) is 0. The zero-order valence-electron chi connectivity index (χ0n) is 15.4. The number of carbonyl (C=O) groups excluding carboxylic acids is 2. The first-order valence-corrected chi connectivity index (χ1v) is 9.45. The van der Waals surface area contributed by atoms with E-state index in [1.807, 2.05) is 0 Å². The zero-order valence-corrected chi connectivity index (χ0v) is 16.9. The van der Waals surface area contributed by atoms with Crippen molar-refractivity contribution in [2.75, 3.05) is 31.7 Å². The summed E-state index contributed by atoms with van der Waals surface area (Å²) in [5.41, 5.74) is 1.65. The van der Waals surface area contributed by atoms with E-state index < -0.39 is 12.2 Å². The highest BCUT2D eigenvalue weighted by Crippen LogP contribution is 2.28. The van der Waals surface area contributed by atoms with Gasteiger partial charge in [-0.15, -0.1) is 0 Å². The van der Waals surface area contributed by atoms with Crippen molar-refractivity contribution in [2.24, 2.45) is 0 Å². The van der Waals surface area contributed by atoms with Crippen molar-refractivity contribution in [3.8, 4) is 0 Å². The van der Waals surface area contributed by atoms with Gasteiger partial charge < -0.3 is 25.2 Å². The molecular formula is C19H22BrN3O5. The molecule has 0 fully saturated rings. The topological polar surface area (TPSA) is 110 Å². The first kappa shape index (κ1) is 21.8. The number of nitrogens with zero attached hydrogens (tertiary/aromatic N) is 1. The Kier molecular flexibility index (Phi) is 8.86. The minimum Gasteiger partial charge on any atom is -0.442 e. The van der Waals surface area contributed by atoms with Crippen LogP contribution in [0.3, 0.4) is 0 Å². The molecule has 0 saturated carbocycles. The van der Waals surface area contributed by atoms with Crippen LogP contribution in [0.1, 0.15) is 29.1 Å². The Labute approximate surface area is 171 Å². The lowest BCUT2D eigenvalue weighted by Gasteiger charge is -2.16. The average Bonchev–Trinajstić information content (AvgIpc) is 2.69. The predicted molar refractivity (Wildman–Crippen MR) is 107 cm³/mol. The van der Waals surface area contributed by atoms with Crippen LogP contribution in [-0.4, -0.2) is 48.5 Å². The molecule has 150 valence electrons. The molecule has 0 aliphatic heterocycles. The Hall–Kier alpha value is -2.49. The van der Waals surface area contributed by atoms with Crippen LogP contribution < -0.4 is 10.6 Å². The maximum Gasteiger partial charge on any atom is 0.407 e. The van der Waals surface area contributed by atoms with Gasteiger partial charge in [-0.2, -0.15) is 0 Å². The Morgan fingerprint density at radius 1 is 1.25 bits per heavy atom. The smallest absolute Gasteiger partial charge is 0.407 e. The van der Waals surface area contributed by atoms with E-state index in [0.29, 0.717) is 22.5 Å². The molecule has 8 nitrogen and oxygen atoms in total. The maximum atomic E-state index is 12.2. The van der Waals surface area contributed by atoms with Crippen LogP contribution in [0.2, 0.25) is 0 Å². The third-order valence-corrected chi connectivity index (χ3v) is 4.30. The van der Waals surface area contributed by atoms with Crippen LogP contribution in [0.5, 0.6) is 0 Å². The van der Waals surface area contributed by atoms with Gasteiger partial charge in [0.25, 0.3) is 5.91 Å². The fourth-order valence-corrected chi connectivity index (χ4v) is 2.73. The first-order chi connectivity index (χ1) is 13.5. The molecule has 0 radical (unpaired) electrons. The van der Waals surface area contributed by atoms with Gasteiger partial charge in [0, 0.05) is 17.2 Å². The number of amides is 2. The van der Waals surface area contributed by atoms with E-state index in [9.17, 15) is 9.59 Å². The number of pyridine rings is 1. The highest BCUT2D eigenvalue weighted by atomic mass is 79.9.